The zero-order chi connectivity index (χ0) is 13.1. The minimum absolute atomic E-state index is 0.584. The average Bonchev–Trinajstić information content (AvgIpc) is 2.94. The number of ether oxygens (including phenoxy) is 1. The highest BCUT2D eigenvalue weighted by molar-refractivity contribution is 9.10. The fourth-order valence-corrected chi connectivity index (χ4v) is 2.73. The van der Waals surface area contributed by atoms with E-state index in [0.29, 0.717) is 18.7 Å². The van der Waals surface area contributed by atoms with Crippen molar-refractivity contribution in [1.82, 2.24) is 4.57 Å². The van der Waals surface area contributed by atoms with Crippen molar-refractivity contribution in [2.45, 2.75) is 13.5 Å². The molecule has 18 heavy (non-hydrogen) atoms. The summed E-state index contributed by atoms with van der Waals surface area (Å²) >= 11 is 3.48. The molecule has 0 spiro atoms. The molecule has 0 aromatic carbocycles. The van der Waals surface area contributed by atoms with Crippen molar-refractivity contribution in [3.8, 4) is 17.5 Å². The van der Waals surface area contributed by atoms with Gasteiger partial charge in [-0.25, -0.2) is 0 Å². The van der Waals surface area contributed by atoms with Gasteiger partial charge >= 0.3 is 0 Å². The standard InChI is InChI=1S/C13H13BrN2O2/c1-9-10(8-15)12(14)13(11-4-3-6-18-11)16(9)5-7-17-2/h3-4,6H,5,7H2,1-2H3. The van der Waals surface area contributed by atoms with E-state index >= 15 is 0 Å². The van der Waals surface area contributed by atoms with Crippen LogP contribution in [-0.2, 0) is 11.3 Å². The maximum atomic E-state index is 9.20. The first-order valence-electron chi connectivity index (χ1n) is 5.52. The lowest BCUT2D eigenvalue weighted by molar-refractivity contribution is 0.187. The van der Waals surface area contributed by atoms with E-state index in [9.17, 15) is 5.26 Å². The Morgan fingerprint density at radius 2 is 2.33 bits per heavy atom. The molecule has 0 unspecified atom stereocenters. The lowest BCUT2D eigenvalue weighted by Gasteiger charge is -2.09. The third-order valence-corrected chi connectivity index (χ3v) is 3.62. The lowest BCUT2D eigenvalue weighted by atomic mass is 10.2. The van der Waals surface area contributed by atoms with Gasteiger partial charge < -0.3 is 13.7 Å². The number of hydrogen-bond acceptors (Lipinski definition) is 3. The van der Waals surface area contributed by atoms with E-state index in [1.54, 1.807) is 13.4 Å². The van der Waals surface area contributed by atoms with E-state index in [1.807, 2.05) is 23.6 Å². The third kappa shape index (κ3) is 2.09. The van der Waals surface area contributed by atoms with Crippen LogP contribution < -0.4 is 0 Å². The van der Waals surface area contributed by atoms with Gasteiger partial charge in [0.1, 0.15) is 11.8 Å². The minimum Gasteiger partial charge on any atom is -0.463 e. The summed E-state index contributed by atoms with van der Waals surface area (Å²) in [5, 5.41) is 9.20. The van der Waals surface area contributed by atoms with Gasteiger partial charge in [-0.05, 0) is 35.0 Å². The maximum Gasteiger partial charge on any atom is 0.151 e. The molecular weight excluding hydrogens is 296 g/mol. The SMILES string of the molecule is COCCn1c(C)c(C#N)c(Br)c1-c1ccco1. The molecule has 0 saturated carbocycles. The van der Waals surface area contributed by atoms with Crippen molar-refractivity contribution in [2.24, 2.45) is 0 Å². The number of furan rings is 1. The number of methoxy groups -OCH3 is 1. The second-order valence-corrected chi connectivity index (χ2v) is 4.65. The van der Waals surface area contributed by atoms with Gasteiger partial charge in [0, 0.05) is 19.3 Å². The molecular formula is C13H13BrN2O2. The predicted molar refractivity (Wildman–Crippen MR) is 71.2 cm³/mol. The Kier molecular flexibility index (Phi) is 3.90. The first-order valence-corrected chi connectivity index (χ1v) is 6.31. The van der Waals surface area contributed by atoms with Crippen molar-refractivity contribution in [3.63, 3.8) is 0 Å². The van der Waals surface area contributed by atoms with E-state index in [2.05, 4.69) is 22.0 Å². The fraction of sp³-hybridized carbons (Fsp3) is 0.308. The second kappa shape index (κ2) is 5.42. The van der Waals surface area contributed by atoms with Crippen LogP contribution in [0.3, 0.4) is 0 Å². The molecule has 0 aliphatic carbocycles. The predicted octanol–water partition coefficient (Wildman–Crippen LogP) is 3.34. The molecule has 0 bridgehead atoms. The van der Waals surface area contributed by atoms with Crippen LogP contribution in [0.25, 0.3) is 11.5 Å². The van der Waals surface area contributed by atoms with Crippen LogP contribution in [0.5, 0.6) is 0 Å². The molecule has 0 N–H and O–H groups in total. The van der Waals surface area contributed by atoms with Gasteiger partial charge in [0.15, 0.2) is 5.76 Å². The van der Waals surface area contributed by atoms with Gasteiger partial charge in [-0.3, -0.25) is 0 Å². The number of nitrogens with zero attached hydrogens (tertiary/aromatic N) is 2. The summed E-state index contributed by atoms with van der Waals surface area (Å²) in [4.78, 5) is 0. The number of nitriles is 1. The van der Waals surface area contributed by atoms with E-state index in [0.717, 1.165) is 21.6 Å². The third-order valence-electron chi connectivity index (χ3n) is 2.85. The summed E-state index contributed by atoms with van der Waals surface area (Å²) in [6.07, 6.45) is 1.62. The number of halogens is 1. The number of rotatable bonds is 4. The smallest absolute Gasteiger partial charge is 0.151 e. The molecule has 2 aromatic heterocycles. The fourth-order valence-electron chi connectivity index (χ4n) is 1.94. The molecule has 0 amide bonds. The highest BCUT2D eigenvalue weighted by atomic mass is 79.9. The Morgan fingerprint density at radius 3 is 2.89 bits per heavy atom. The molecule has 0 aliphatic heterocycles. The molecule has 0 fully saturated rings. The summed E-state index contributed by atoms with van der Waals surface area (Å²) in [5.41, 5.74) is 2.43. The van der Waals surface area contributed by atoms with Crippen LogP contribution in [0, 0.1) is 18.3 Å². The van der Waals surface area contributed by atoms with Crippen molar-refractivity contribution >= 4 is 15.9 Å². The van der Waals surface area contributed by atoms with Gasteiger partial charge in [-0.1, -0.05) is 0 Å². The Labute approximate surface area is 114 Å². The van der Waals surface area contributed by atoms with Gasteiger partial charge in [-0.2, -0.15) is 5.26 Å². The minimum atomic E-state index is 0.584. The molecule has 0 saturated heterocycles. The summed E-state index contributed by atoms with van der Waals surface area (Å²) in [5.74, 6) is 0.738. The Bertz CT molecular complexity index is 579. The summed E-state index contributed by atoms with van der Waals surface area (Å²) in [7, 11) is 1.66. The van der Waals surface area contributed by atoms with Gasteiger partial charge in [0.05, 0.1) is 22.9 Å². The van der Waals surface area contributed by atoms with Crippen LogP contribution in [-0.4, -0.2) is 18.3 Å². The van der Waals surface area contributed by atoms with Crippen LogP contribution >= 0.6 is 15.9 Å². The van der Waals surface area contributed by atoms with Crippen molar-refractivity contribution < 1.29 is 9.15 Å². The summed E-state index contributed by atoms with van der Waals surface area (Å²) < 4.78 is 13.3. The van der Waals surface area contributed by atoms with E-state index in [4.69, 9.17) is 9.15 Å². The van der Waals surface area contributed by atoms with Crippen molar-refractivity contribution in [3.05, 3.63) is 34.1 Å². The topological polar surface area (TPSA) is 51.1 Å². The molecule has 94 valence electrons. The molecule has 0 atom stereocenters. The summed E-state index contributed by atoms with van der Waals surface area (Å²) in [6, 6.07) is 5.92. The molecule has 2 rings (SSSR count). The first kappa shape index (κ1) is 12.9. The number of aromatic nitrogens is 1. The largest absolute Gasteiger partial charge is 0.463 e. The zero-order valence-corrected chi connectivity index (χ0v) is 11.8. The van der Waals surface area contributed by atoms with Crippen LogP contribution in [0.2, 0.25) is 0 Å². The molecule has 0 radical (unpaired) electrons. The average molecular weight is 309 g/mol. The number of hydrogen-bond donors (Lipinski definition) is 0. The van der Waals surface area contributed by atoms with E-state index in [1.165, 1.54) is 0 Å². The Balaban J connectivity index is 2.59. The van der Waals surface area contributed by atoms with Crippen LogP contribution in [0.15, 0.2) is 27.3 Å². The molecule has 2 aromatic rings. The van der Waals surface area contributed by atoms with Crippen LogP contribution in [0.1, 0.15) is 11.3 Å². The monoisotopic (exact) mass is 308 g/mol. The molecule has 4 nitrogen and oxygen atoms in total. The second-order valence-electron chi connectivity index (χ2n) is 3.86. The highest BCUT2D eigenvalue weighted by Crippen LogP contribution is 2.35. The van der Waals surface area contributed by atoms with E-state index in [-0.39, 0.29) is 0 Å². The maximum absolute atomic E-state index is 9.20. The molecule has 5 heteroatoms. The summed E-state index contributed by atoms with van der Waals surface area (Å²) in [6.45, 7) is 3.19. The zero-order valence-electron chi connectivity index (χ0n) is 10.2. The highest BCUT2D eigenvalue weighted by Gasteiger charge is 2.21. The Morgan fingerprint density at radius 1 is 1.56 bits per heavy atom. The van der Waals surface area contributed by atoms with Crippen LogP contribution in [0.4, 0.5) is 0 Å². The van der Waals surface area contributed by atoms with Gasteiger partial charge in [0.25, 0.3) is 0 Å². The first-order chi connectivity index (χ1) is 8.70. The lowest BCUT2D eigenvalue weighted by Crippen LogP contribution is -2.07. The van der Waals surface area contributed by atoms with Crippen molar-refractivity contribution in [1.29, 1.82) is 5.26 Å². The van der Waals surface area contributed by atoms with Crippen molar-refractivity contribution in [2.75, 3.05) is 13.7 Å². The van der Waals surface area contributed by atoms with Gasteiger partial charge in [0.2, 0.25) is 0 Å². The van der Waals surface area contributed by atoms with E-state index < -0.39 is 0 Å². The molecule has 0 aliphatic rings. The normalized spacial score (nSPS) is 10.6. The Hall–Kier alpha value is -1.51. The quantitative estimate of drug-likeness (QED) is 0.870. The molecule has 2 heterocycles. The van der Waals surface area contributed by atoms with Gasteiger partial charge in [-0.15, -0.1) is 0 Å².